The molecule has 0 radical (unpaired) electrons. The van der Waals surface area contributed by atoms with Crippen molar-refractivity contribution in [1.82, 2.24) is 10.6 Å². The predicted molar refractivity (Wildman–Crippen MR) is 69.5 cm³/mol. The van der Waals surface area contributed by atoms with E-state index in [2.05, 4.69) is 38.3 Å². The van der Waals surface area contributed by atoms with Gasteiger partial charge in [-0.1, -0.05) is 20.3 Å². The number of hydrogen-bond acceptors (Lipinski definition) is 2. The first-order valence-electron chi connectivity index (χ1n) is 6.40. The second-order valence-electron chi connectivity index (χ2n) is 5.32. The first kappa shape index (κ1) is 15.4. The summed E-state index contributed by atoms with van der Waals surface area (Å²) in [5, 5.41) is 6.37. The summed E-state index contributed by atoms with van der Waals surface area (Å²) in [6.45, 7) is 12.5. The summed E-state index contributed by atoms with van der Waals surface area (Å²) >= 11 is 0. The third kappa shape index (κ3) is 6.11. The highest BCUT2D eigenvalue weighted by Gasteiger charge is 2.23. The highest BCUT2D eigenvalue weighted by Crippen LogP contribution is 2.11. The molecule has 3 heteroatoms. The van der Waals surface area contributed by atoms with E-state index in [1.807, 2.05) is 13.8 Å². The molecule has 0 aliphatic carbocycles. The third-order valence-corrected chi connectivity index (χ3v) is 2.88. The minimum atomic E-state index is -0.129. The Labute approximate surface area is 100 Å². The molecule has 1 amide bonds. The van der Waals surface area contributed by atoms with Gasteiger partial charge in [-0.3, -0.25) is 4.79 Å². The Morgan fingerprint density at radius 3 is 2.25 bits per heavy atom. The van der Waals surface area contributed by atoms with Gasteiger partial charge in [0.15, 0.2) is 0 Å². The molecule has 0 aromatic heterocycles. The maximum Gasteiger partial charge on any atom is 0.237 e. The van der Waals surface area contributed by atoms with Crippen LogP contribution in [-0.2, 0) is 4.79 Å². The summed E-state index contributed by atoms with van der Waals surface area (Å²) in [5.74, 6) is 0.0959. The monoisotopic (exact) mass is 228 g/mol. The normalized spacial score (nSPS) is 15.6. The van der Waals surface area contributed by atoms with Crippen molar-refractivity contribution in [2.75, 3.05) is 0 Å². The second kappa shape index (κ2) is 6.89. The van der Waals surface area contributed by atoms with Crippen LogP contribution in [0.15, 0.2) is 0 Å². The Morgan fingerprint density at radius 2 is 1.81 bits per heavy atom. The number of amides is 1. The van der Waals surface area contributed by atoms with Gasteiger partial charge in [0.2, 0.25) is 5.91 Å². The first-order chi connectivity index (χ1) is 7.32. The SMILES string of the molecule is CCCC(C)(C)NC(C)C(=O)NC(C)CC. The Kier molecular flexibility index (Phi) is 6.65. The van der Waals surface area contributed by atoms with Crippen molar-refractivity contribution in [2.24, 2.45) is 0 Å². The van der Waals surface area contributed by atoms with Crippen LogP contribution in [0, 0.1) is 0 Å². The molecule has 0 aliphatic rings. The Hall–Kier alpha value is -0.570. The molecule has 0 spiro atoms. The van der Waals surface area contributed by atoms with E-state index in [4.69, 9.17) is 0 Å². The van der Waals surface area contributed by atoms with Crippen LogP contribution in [0.2, 0.25) is 0 Å². The van der Waals surface area contributed by atoms with Crippen molar-refractivity contribution >= 4 is 5.91 Å². The summed E-state index contributed by atoms with van der Waals surface area (Å²) in [6.07, 6.45) is 3.17. The van der Waals surface area contributed by atoms with E-state index in [1.54, 1.807) is 0 Å². The zero-order valence-electron chi connectivity index (χ0n) is 11.7. The molecule has 0 aliphatic heterocycles. The summed E-state index contributed by atoms with van der Waals surface area (Å²) in [6, 6.07) is 0.126. The molecule has 0 heterocycles. The topological polar surface area (TPSA) is 41.1 Å². The van der Waals surface area contributed by atoms with Crippen LogP contribution in [0.1, 0.15) is 60.8 Å². The molecule has 2 unspecified atom stereocenters. The van der Waals surface area contributed by atoms with E-state index in [0.717, 1.165) is 19.3 Å². The molecule has 96 valence electrons. The van der Waals surface area contributed by atoms with Gasteiger partial charge < -0.3 is 10.6 Å². The Morgan fingerprint density at radius 1 is 1.25 bits per heavy atom. The molecule has 16 heavy (non-hydrogen) atoms. The summed E-state index contributed by atoms with van der Waals surface area (Å²) in [7, 11) is 0. The van der Waals surface area contributed by atoms with Crippen LogP contribution in [0.4, 0.5) is 0 Å². The van der Waals surface area contributed by atoms with Crippen molar-refractivity contribution in [3.05, 3.63) is 0 Å². The van der Waals surface area contributed by atoms with Gasteiger partial charge in [-0.05, 0) is 40.5 Å². The average molecular weight is 228 g/mol. The third-order valence-electron chi connectivity index (χ3n) is 2.88. The molecule has 2 atom stereocenters. The summed E-state index contributed by atoms with van der Waals surface area (Å²) < 4.78 is 0. The van der Waals surface area contributed by atoms with Gasteiger partial charge in [-0.2, -0.15) is 0 Å². The van der Waals surface area contributed by atoms with E-state index in [0.29, 0.717) is 0 Å². The van der Waals surface area contributed by atoms with Gasteiger partial charge in [-0.25, -0.2) is 0 Å². The molecule has 0 bridgehead atoms. The Balaban J connectivity index is 4.14. The van der Waals surface area contributed by atoms with E-state index < -0.39 is 0 Å². The molecular formula is C13H28N2O. The maximum absolute atomic E-state index is 11.8. The molecule has 0 aromatic rings. The van der Waals surface area contributed by atoms with Gasteiger partial charge in [0.25, 0.3) is 0 Å². The number of carbonyl (C=O) groups is 1. The number of carbonyl (C=O) groups excluding carboxylic acids is 1. The van der Waals surface area contributed by atoms with E-state index in [-0.39, 0.29) is 23.5 Å². The highest BCUT2D eigenvalue weighted by atomic mass is 16.2. The lowest BCUT2D eigenvalue weighted by Gasteiger charge is -2.30. The largest absolute Gasteiger partial charge is 0.352 e. The smallest absolute Gasteiger partial charge is 0.237 e. The molecule has 0 saturated carbocycles. The van der Waals surface area contributed by atoms with Crippen molar-refractivity contribution in [3.8, 4) is 0 Å². The van der Waals surface area contributed by atoms with Crippen LogP contribution in [0.3, 0.4) is 0 Å². The van der Waals surface area contributed by atoms with Gasteiger partial charge >= 0.3 is 0 Å². The summed E-state index contributed by atoms with van der Waals surface area (Å²) in [4.78, 5) is 11.8. The average Bonchev–Trinajstić information content (AvgIpc) is 2.16. The quantitative estimate of drug-likeness (QED) is 0.703. The van der Waals surface area contributed by atoms with Crippen LogP contribution in [0.5, 0.6) is 0 Å². The summed E-state index contributed by atoms with van der Waals surface area (Å²) in [5.41, 5.74) is 0.0287. The lowest BCUT2D eigenvalue weighted by molar-refractivity contribution is -0.123. The molecule has 3 nitrogen and oxygen atoms in total. The fourth-order valence-electron chi connectivity index (χ4n) is 1.82. The molecule has 2 N–H and O–H groups in total. The zero-order chi connectivity index (χ0) is 12.8. The van der Waals surface area contributed by atoms with Crippen molar-refractivity contribution in [1.29, 1.82) is 0 Å². The Bertz CT molecular complexity index is 214. The van der Waals surface area contributed by atoms with Crippen LogP contribution < -0.4 is 10.6 Å². The van der Waals surface area contributed by atoms with Crippen molar-refractivity contribution < 1.29 is 4.79 Å². The van der Waals surface area contributed by atoms with Crippen LogP contribution in [-0.4, -0.2) is 23.5 Å². The van der Waals surface area contributed by atoms with Gasteiger partial charge in [0.1, 0.15) is 0 Å². The first-order valence-corrected chi connectivity index (χ1v) is 6.40. The molecular weight excluding hydrogens is 200 g/mol. The maximum atomic E-state index is 11.8. The van der Waals surface area contributed by atoms with Gasteiger partial charge in [-0.15, -0.1) is 0 Å². The van der Waals surface area contributed by atoms with Crippen LogP contribution in [0.25, 0.3) is 0 Å². The fraction of sp³-hybridized carbons (Fsp3) is 0.923. The number of hydrogen-bond donors (Lipinski definition) is 2. The molecule has 0 aromatic carbocycles. The minimum absolute atomic E-state index is 0.0287. The molecule has 0 rings (SSSR count). The lowest BCUT2D eigenvalue weighted by atomic mass is 9.97. The van der Waals surface area contributed by atoms with Gasteiger partial charge in [0.05, 0.1) is 6.04 Å². The van der Waals surface area contributed by atoms with E-state index in [1.165, 1.54) is 0 Å². The number of rotatable bonds is 7. The number of nitrogens with one attached hydrogen (secondary N) is 2. The molecule has 0 saturated heterocycles. The van der Waals surface area contributed by atoms with E-state index >= 15 is 0 Å². The van der Waals surface area contributed by atoms with Crippen molar-refractivity contribution in [2.45, 2.75) is 78.4 Å². The van der Waals surface area contributed by atoms with Crippen molar-refractivity contribution in [3.63, 3.8) is 0 Å². The predicted octanol–water partition coefficient (Wildman–Crippen LogP) is 2.46. The zero-order valence-corrected chi connectivity index (χ0v) is 11.7. The minimum Gasteiger partial charge on any atom is -0.352 e. The van der Waals surface area contributed by atoms with E-state index in [9.17, 15) is 4.79 Å². The standard InChI is InChI=1S/C13H28N2O/c1-7-9-13(5,6)15-11(4)12(16)14-10(3)8-2/h10-11,15H,7-9H2,1-6H3,(H,14,16). The highest BCUT2D eigenvalue weighted by molar-refractivity contribution is 5.81. The van der Waals surface area contributed by atoms with Crippen LogP contribution >= 0.6 is 0 Å². The second-order valence-corrected chi connectivity index (χ2v) is 5.32. The fourth-order valence-corrected chi connectivity index (χ4v) is 1.82. The molecule has 0 fully saturated rings. The van der Waals surface area contributed by atoms with Gasteiger partial charge in [0, 0.05) is 11.6 Å². The lowest BCUT2D eigenvalue weighted by Crippen LogP contribution is -2.52.